The third-order valence-corrected chi connectivity index (χ3v) is 4.98. The van der Waals surface area contributed by atoms with E-state index in [-0.39, 0.29) is 5.82 Å². The molecule has 1 aromatic heterocycles. The highest BCUT2D eigenvalue weighted by Crippen LogP contribution is 2.17. The first kappa shape index (κ1) is 18.9. The van der Waals surface area contributed by atoms with Gasteiger partial charge in [-0.15, -0.1) is 11.3 Å². The lowest BCUT2D eigenvalue weighted by atomic mass is 10.2. The van der Waals surface area contributed by atoms with Crippen molar-refractivity contribution in [1.82, 2.24) is 15.6 Å². The molecule has 2 N–H and O–H groups in total. The van der Waals surface area contributed by atoms with Gasteiger partial charge in [0.15, 0.2) is 5.96 Å². The van der Waals surface area contributed by atoms with E-state index in [1.54, 1.807) is 11.3 Å². The Bertz CT molecular complexity index is 675. The van der Waals surface area contributed by atoms with Crippen LogP contribution in [0.3, 0.4) is 0 Å². The first-order valence-corrected chi connectivity index (χ1v) is 9.49. The Balaban J connectivity index is 1.92. The summed E-state index contributed by atoms with van der Waals surface area (Å²) in [6.07, 6.45) is 0.856. The van der Waals surface area contributed by atoms with E-state index >= 15 is 0 Å². The zero-order chi connectivity index (χ0) is 17.5. The minimum atomic E-state index is -0.262. The lowest BCUT2D eigenvalue weighted by Gasteiger charge is -2.10. The zero-order valence-electron chi connectivity index (χ0n) is 14.1. The van der Waals surface area contributed by atoms with Gasteiger partial charge in [-0.25, -0.2) is 14.4 Å². The van der Waals surface area contributed by atoms with Crippen molar-refractivity contribution in [2.45, 2.75) is 33.7 Å². The van der Waals surface area contributed by atoms with Gasteiger partial charge < -0.3 is 10.6 Å². The number of aliphatic imine (C=N–C) groups is 1. The predicted octanol–water partition coefficient (Wildman–Crippen LogP) is 3.96. The van der Waals surface area contributed by atoms with E-state index in [0.29, 0.717) is 6.54 Å². The average Bonchev–Trinajstić information content (AvgIpc) is 2.82. The maximum absolute atomic E-state index is 13.4. The fourth-order valence-corrected chi connectivity index (χ4v) is 3.59. The standard InChI is InChI=1S/C17H22BrFN4S/c1-4-20-17(21-6-5-16-23-11(2)12(3)24-16)22-10-13-7-14(18)9-15(19)8-13/h7-9H,4-6,10H2,1-3H3,(H2,20,21,22). The molecule has 0 radical (unpaired) electrons. The fourth-order valence-electron chi connectivity index (χ4n) is 2.15. The molecule has 0 amide bonds. The van der Waals surface area contributed by atoms with E-state index < -0.39 is 0 Å². The van der Waals surface area contributed by atoms with Crippen LogP contribution in [-0.4, -0.2) is 24.0 Å². The zero-order valence-corrected chi connectivity index (χ0v) is 16.5. The summed E-state index contributed by atoms with van der Waals surface area (Å²) in [5.41, 5.74) is 1.93. The third-order valence-electron chi connectivity index (χ3n) is 3.39. The van der Waals surface area contributed by atoms with Crippen LogP contribution in [0, 0.1) is 19.7 Å². The molecule has 0 spiro atoms. The van der Waals surface area contributed by atoms with Crippen molar-refractivity contribution in [3.05, 3.63) is 49.6 Å². The number of guanidine groups is 1. The van der Waals surface area contributed by atoms with Gasteiger partial charge in [-0.05, 0) is 44.5 Å². The summed E-state index contributed by atoms with van der Waals surface area (Å²) in [7, 11) is 0. The molecule has 0 fully saturated rings. The fraction of sp³-hybridized carbons (Fsp3) is 0.412. The lowest BCUT2D eigenvalue weighted by Crippen LogP contribution is -2.38. The van der Waals surface area contributed by atoms with Crippen LogP contribution < -0.4 is 10.6 Å². The van der Waals surface area contributed by atoms with Gasteiger partial charge in [0, 0.05) is 28.9 Å². The first-order chi connectivity index (χ1) is 11.5. The van der Waals surface area contributed by atoms with Gasteiger partial charge in [-0.2, -0.15) is 0 Å². The van der Waals surface area contributed by atoms with E-state index in [4.69, 9.17) is 0 Å². The van der Waals surface area contributed by atoms with E-state index in [1.807, 2.05) is 19.9 Å². The SMILES string of the molecule is CCNC(=NCc1cc(F)cc(Br)c1)NCCc1nc(C)c(C)s1. The number of halogens is 2. The number of nitrogens with one attached hydrogen (secondary N) is 2. The molecule has 0 unspecified atom stereocenters. The van der Waals surface area contributed by atoms with Crippen LogP contribution in [0.5, 0.6) is 0 Å². The van der Waals surface area contributed by atoms with Crippen LogP contribution in [0.4, 0.5) is 4.39 Å². The molecule has 0 aliphatic carbocycles. The summed E-state index contributed by atoms with van der Waals surface area (Å²) in [5.74, 6) is 0.463. The molecule has 7 heteroatoms. The number of thiazole rings is 1. The largest absolute Gasteiger partial charge is 0.357 e. The normalized spacial score (nSPS) is 11.6. The van der Waals surface area contributed by atoms with Crippen molar-refractivity contribution in [3.8, 4) is 0 Å². The highest BCUT2D eigenvalue weighted by molar-refractivity contribution is 9.10. The molecule has 4 nitrogen and oxygen atoms in total. The number of hydrogen-bond donors (Lipinski definition) is 2. The number of aryl methyl sites for hydroxylation is 2. The van der Waals surface area contributed by atoms with Crippen molar-refractivity contribution in [1.29, 1.82) is 0 Å². The lowest BCUT2D eigenvalue weighted by molar-refractivity contribution is 0.624. The monoisotopic (exact) mass is 412 g/mol. The second-order valence-electron chi connectivity index (χ2n) is 5.40. The highest BCUT2D eigenvalue weighted by Gasteiger charge is 2.04. The van der Waals surface area contributed by atoms with Crippen molar-refractivity contribution < 1.29 is 4.39 Å². The summed E-state index contributed by atoms with van der Waals surface area (Å²) in [4.78, 5) is 10.3. The van der Waals surface area contributed by atoms with Crippen LogP contribution in [0.15, 0.2) is 27.7 Å². The molecule has 0 aliphatic rings. The van der Waals surface area contributed by atoms with Gasteiger partial charge in [-0.3, -0.25) is 0 Å². The van der Waals surface area contributed by atoms with Gasteiger partial charge in [0.05, 0.1) is 17.2 Å². The maximum atomic E-state index is 13.4. The molecule has 2 aromatic rings. The van der Waals surface area contributed by atoms with E-state index in [2.05, 4.69) is 43.5 Å². The van der Waals surface area contributed by atoms with Gasteiger partial charge in [0.2, 0.25) is 0 Å². The second kappa shape index (κ2) is 9.13. The van der Waals surface area contributed by atoms with Crippen molar-refractivity contribution in [2.75, 3.05) is 13.1 Å². The Morgan fingerprint density at radius 3 is 2.71 bits per heavy atom. The maximum Gasteiger partial charge on any atom is 0.191 e. The van der Waals surface area contributed by atoms with E-state index in [0.717, 1.165) is 46.2 Å². The molecular formula is C17H22BrFN4S. The minimum absolute atomic E-state index is 0.262. The molecule has 0 atom stereocenters. The molecule has 0 saturated heterocycles. The minimum Gasteiger partial charge on any atom is -0.357 e. The number of benzene rings is 1. The van der Waals surface area contributed by atoms with Crippen molar-refractivity contribution in [3.63, 3.8) is 0 Å². The Morgan fingerprint density at radius 1 is 1.29 bits per heavy atom. The molecule has 0 aliphatic heterocycles. The molecule has 2 rings (SSSR count). The topological polar surface area (TPSA) is 49.3 Å². The van der Waals surface area contributed by atoms with Gasteiger partial charge in [0.25, 0.3) is 0 Å². The molecular weight excluding hydrogens is 391 g/mol. The molecule has 0 bridgehead atoms. The number of aromatic nitrogens is 1. The van der Waals surface area contributed by atoms with Crippen LogP contribution in [0.1, 0.15) is 28.1 Å². The summed E-state index contributed by atoms with van der Waals surface area (Å²) >= 11 is 5.04. The molecule has 24 heavy (non-hydrogen) atoms. The summed E-state index contributed by atoms with van der Waals surface area (Å²) in [6, 6.07) is 4.81. The first-order valence-electron chi connectivity index (χ1n) is 7.88. The van der Waals surface area contributed by atoms with Gasteiger partial charge in [-0.1, -0.05) is 15.9 Å². The molecule has 1 aromatic carbocycles. The summed E-state index contributed by atoms with van der Waals surface area (Å²) < 4.78 is 14.1. The Labute approximate surface area is 154 Å². The van der Waals surface area contributed by atoms with Crippen LogP contribution in [0.2, 0.25) is 0 Å². The Morgan fingerprint density at radius 2 is 2.08 bits per heavy atom. The van der Waals surface area contributed by atoms with E-state index in [1.165, 1.54) is 17.0 Å². The molecule has 0 saturated carbocycles. The van der Waals surface area contributed by atoms with Gasteiger partial charge in [0.1, 0.15) is 5.82 Å². The Kier molecular flexibility index (Phi) is 7.17. The van der Waals surface area contributed by atoms with Crippen molar-refractivity contribution in [2.24, 2.45) is 4.99 Å². The van der Waals surface area contributed by atoms with Gasteiger partial charge >= 0.3 is 0 Å². The smallest absolute Gasteiger partial charge is 0.191 e. The number of hydrogen-bond acceptors (Lipinski definition) is 3. The Hall–Kier alpha value is -1.47. The quantitative estimate of drug-likeness (QED) is 0.557. The third kappa shape index (κ3) is 5.87. The molecule has 1 heterocycles. The van der Waals surface area contributed by atoms with Crippen LogP contribution >= 0.6 is 27.3 Å². The average molecular weight is 413 g/mol. The van der Waals surface area contributed by atoms with E-state index in [9.17, 15) is 4.39 Å². The number of nitrogens with zero attached hydrogens (tertiary/aromatic N) is 2. The molecule has 130 valence electrons. The highest BCUT2D eigenvalue weighted by atomic mass is 79.9. The summed E-state index contributed by atoms with van der Waals surface area (Å²) in [5, 5.41) is 7.63. The van der Waals surface area contributed by atoms with Crippen LogP contribution in [0.25, 0.3) is 0 Å². The summed E-state index contributed by atoms with van der Waals surface area (Å²) in [6.45, 7) is 8.09. The second-order valence-corrected chi connectivity index (χ2v) is 7.60. The number of rotatable bonds is 6. The predicted molar refractivity (Wildman–Crippen MR) is 102 cm³/mol. The van der Waals surface area contributed by atoms with Crippen LogP contribution in [-0.2, 0) is 13.0 Å². The van der Waals surface area contributed by atoms with Crippen molar-refractivity contribution >= 4 is 33.2 Å².